The number of nitro groups is 1. The normalized spacial score (nSPS) is 14.2. The van der Waals surface area contributed by atoms with Gasteiger partial charge in [0.1, 0.15) is 5.69 Å². The minimum absolute atomic E-state index is 0.0360. The highest BCUT2D eigenvalue weighted by Crippen LogP contribution is 2.32. The van der Waals surface area contributed by atoms with Crippen LogP contribution in [0.5, 0.6) is 0 Å². The molecule has 1 aliphatic heterocycles. The molecule has 0 aliphatic carbocycles. The molecule has 0 bridgehead atoms. The third kappa shape index (κ3) is 5.33. The molecule has 1 saturated heterocycles. The van der Waals surface area contributed by atoms with Gasteiger partial charge in [-0.05, 0) is 6.07 Å². The summed E-state index contributed by atoms with van der Waals surface area (Å²) in [6.07, 6.45) is 0. The van der Waals surface area contributed by atoms with E-state index in [1.54, 1.807) is 11.0 Å². The maximum absolute atomic E-state index is 12.5. The lowest BCUT2D eigenvalue weighted by Gasteiger charge is -2.29. The van der Waals surface area contributed by atoms with Crippen molar-refractivity contribution in [3.63, 3.8) is 0 Å². The van der Waals surface area contributed by atoms with Gasteiger partial charge in [-0.25, -0.2) is 0 Å². The van der Waals surface area contributed by atoms with Gasteiger partial charge in [-0.1, -0.05) is 6.07 Å². The van der Waals surface area contributed by atoms with Crippen molar-refractivity contribution < 1.29 is 24.4 Å². The van der Waals surface area contributed by atoms with Crippen LogP contribution >= 0.6 is 11.8 Å². The third-order valence-electron chi connectivity index (χ3n) is 3.54. The molecule has 0 saturated carbocycles. The lowest BCUT2D eigenvalue weighted by atomic mass is 10.1. The highest BCUT2D eigenvalue weighted by Gasteiger charge is 2.27. The first-order valence-electron chi connectivity index (χ1n) is 7.68. The maximum Gasteiger partial charge on any atom is 0.313 e. The van der Waals surface area contributed by atoms with Crippen LogP contribution in [0.3, 0.4) is 0 Å². The van der Waals surface area contributed by atoms with E-state index in [1.165, 1.54) is 23.9 Å². The minimum atomic E-state index is -0.912. The van der Waals surface area contributed by atoms with E-state index in [2.05, 4.69) is 5.32 Å². The van der Waals surface area contributed by atoms with Crippen LogP contribution in [0.25, 0.3) is 0 Å². The molecule has 1 aromatic carbocycles. The number of thioether (sulfide) groups is 1. The average molecular weight is 369 g/mol. The van der Waals surface area contributed by atoms with Crippen LogP contribution in [0.4, 0.5) is 11.4 Å². The summed E-state index contributed by atoms with van der Waals surface area (Å²) in [5.74, 6) is -0.920. The average Bonchev–Trinajstić information content (AvgIpc) is 2.61. The zero-order valence-corrected chi connectivity index (χ0v) is 14.3. The quantitative estimate of drug-likeness (QED) is 0.395. The van der Waals surface area contributed by atoms with E-state index in [4.69, 9.17) is 9.84 Å². The minimum Gasteiger partial charge on any atom is -0.481 e. The number of carbonyl (C=O) groups is 2. The topological polar surface area (TPSA) is 122 Å². The van der Waals surface area contributed by atoms with Crippen molar-refractivity contribution >= 4 is 35.0 Å². The van der Waals surface area contributed by atoms with Crippen molar-refractivity contribution in [2.45, 2.75) is 0 Å². The summed E-state index contributed by atoms with van der Waals surface area (Å²) >= 11 is 1.19. The summed E-state index contributed by atoms with van der Waals surface area (Å²) in [7, 11) is 0. The van der Waals surface area contributed by atoms with E-state index in [0.29, 0.717) is 37.7 Å². The number of anilines is 1. The fourth-order valence-corrected chi connectivity index (χ4v) is 3.04. The first kappa shape index (κ1) is 19.0. The lowest BCUT2D eigenvalue weighted by Crippen LogP contribution is -2.38. The van der Waals surface area contributed by atoms with Gasteiger partial charge in [0, 0.05) is 31.5 Å². The molecule has 10 heteroatoms. The summed E-state index contributed by atoms with van der Waals surface area (Å²) < 4.78 is 5.27. The smallest absolute Gasteiger partial charge is 0.313 e. The number of morpholine rings is 1. The number of hydrogen-bond donors (Lipinski definition) is 2. The molecule has 1 aromatic rings. The highest BCUT2D eigenvalue weighted by atomic mass is 32.2. The van der Waals surface area contributed by atoms with Crippen molar-refractivity contribution in [2.24, 2.45) is 0 Å². The Kier molecular flexibility index (Phi) is 7.02. The number of para-hydroxylation sites is 1. The summed E-state index contributed by atoms with van der Waals surface area (Å²) in [4.78, 5) is 35.6. The van der Waals surface area contributed by atoms with Crippen LogP contribution in [-0.4, -0.2) is 66.3 Å². The van der Waals surface area contributed by atoms with E-state index < -0.39 is 16.8 Å². The second kappa shape index (κ2) is 9.23. The monoisotopic (exact) mass is 369 g/mol. The number of benzene rings is 1. The Morgan fingerprint density at radius 3 is 2.72 bits per heavy atom. The van der Waals surface area contributed by atoms with Crippen molar-refractivity contribution in [3.05, 3.63) is 33.9 Å². The Bertz CT molecular complexity index is 648. The van der Waals surface area contributed by atoms with Gasteiger partial charge in [-0.15, -0.1) is 11.8 Å². The van der Waals surface area contributed by atoms with Crippen LogP contribution in [0, 0.1) is 10.1 Å². The molecule has 0 radical (unpaired) electrons. The number of carboxylic acid groups (broad SMARTS) is 1. The predicted molar refractivity (Wildman–Crippen MR) is 93.4 cm³/mol. The van der Waals surface area contributed by atoms with Gasteiger partial charge in [-0.2, -0.15) is 0 Å². The van der Waals surface area contributed by atoms with Crippen LogP contribution < -0.4 is 10.2 Å². The van der Waals surface area contributed by atoms with Crippen LogP contribution in [0.15, 0.2) is 18.2 Å². The van der Waals surface area contributed by atoms with Gasteiger partial charge in [-0.3, -0.25) is 19.7 Å². The Morgan fingerprint density at radius 2 is 2.08 bits per heavy atom. The number of hydrogen-bond acceptors (Lipinski definition) is 7. The van der Waals surface area contributed by atoms with Gasteiger partial charge < -0.3 is 20.1 Å². The van der Waals surface area contributed by atoms with Gasteiger partial charge >= 0.3 is 5.97 Å². The van der Waals surface area contributed by atoms with Crippen molar-refractivity contribution in [2.75, 3.05) is 49.3 Å². The van der Waals surface area contributed by atoms with Crippen molar-refractivity contribution in [1.82, 2.24) is 5.32 Å². The number of nitro benzene ring substituents is 1. The first-order valence-corrected chi connectivity index (χ1v) is 8.84. The molecule has 0 aromatic heterocycles. The third-order valence-corrected chi connectivity index (χ3v) is 4.48. The molecule has 1 fully saturated rings. The molecule has 136 valence electrons. The van der Waals surface area contributed by atoms with E-state index in [9.17, 15) is 19.7 Å². The molecule has 1 aliphatic rings. The Morgan fingerprint density at radius 1 is 1.36 bits per heavy atom. The number of ether oxygens (including phenoxy) is 1. The number of rotatable bonds is 8. The number of carbonyl (C=O) groups excluding carboxylic acids is 1. The number of carboxylic acids is 1. The van der Waals surface area contributed by atoms with Crippen LogP contribution in [0.2, 0.25) is 0 Å². The number of aliphatic carboxylic acids is 1. The molecule has 25 heavy (non-hydrogen) atoms. The maximum atomic E-state index is 12.5. The molecular formula is C15H19N3O6S. The van der Waals surface area contributed by atoms with Gasteiger partial charge in [0.25, 0.3) is 11.6 Å². The number of nitrogens with one attached hydrogen (secondary N) is 1. The van der Waals surface area contributed by atoms with E-state index >= 15 is 0 Å². The van der Waals surface area contributed by atoms with Gasteiger partial charge in [0.15, 0.2) is 0 Å². The molecule has 2 N–H and O–H groups in total. The molecule has 0 atom stereocenters. The van der Waals surface area contributed by atoms with Crippen molar-refractivity contribution in [3.8, 4) is 0 Å². The Hall–Kier alpha value is -2.33. The second-order valence-electron chi connectivity index (χ2n) is 5.23. The van der Waals surface area contributed by atoms with Crippen LogP contribution in [0.1, 0.15) is 10.4 Å². The number of amides is 1. The van der Waals surface area contributed by atoms with Gasteiger partial charge in [0.05, 0.1) is 29.5 Å². The molecule has 2 rings (SSSR count). The summed E-state index contributed by atoms with van der Waals surface area (Å²) in [5, 5.41) is 22.6. The highest BCUT2D eigenvalue weighted by molar-refractivity contribution is 7.99. The number of nitrogens with zero attached hydrogens (tertiary/aromatic N) is 2. The van der Waals surface area contributed by atoms with Gasteiger partial charge in [0.2, 0.25) is 0 Å². The zero-order chi connectivity index (χ0) is 18.2. The summed E-state index contributed by atoms with van der Waals surface area (Å²) in [5.41, 5.74) is 0.417. The Balaban J connectivity index is 2.12. The van der Waals surface area contributed by atoms with Crippen LogP contribution in [-0.2, 0) is 9.53 Å². The molecule has 0 spiro atoms. The van der Waals surface area contributed by atoms with E-state index in [1.807, 2.05) is 0 Å². The molecule has 1 amide bonds. The summed E-state index contributed by atoms with van der Waals surface area (Å²) in [6.45, 7) is 2.11. The predicted octanol–water partition coefficient (Wildman–Crippen LogP) is 0.979. The Labute approximate surface area is 148 Å². The van der Waals surface area contributed by atoms with Crippen molar-refractivity contribution in [1.29, 1.82) is 0 Å². The molecular weight excluding hydrogens is 350 g/mol. The summed E-state index contributed by atoms with van der Waals surface area (Å²) in [6, 6.07) is 4.41. The SMILES string of the molecule is O=C(O)CSCCNC(=O)c1cccc([N+](=O)[O-])c1N1CCOCC1. The fraction of sp³-hybridized carbons (Fsp3) is 0.467. The molecule has 9 nitrogen and oxygen atoms in total. The van der Waals surface area contributed by atoms with E-state index in [-0.39, 0.29) is 23.5 Å². The molecule has 1 heterocycles. The fourth-order valence-electron chi connectivity index (χ4n) is 2.47. The zero-order valence-electron chi connectivity index (χ0n) is 13.5. The molecule has 0 unspecified atom stereocenters. The first-order chi connectivity index (χ1) is 12.0. The standard InChI is InChI=1S/C15H19N3O6S/c19-13(20)10-25-9-4-16-15(21)11-2-1-3-12(18(22)23)14(11)17-5-7-24-8-6-17/h1-3H,4-10H2,(H,16,21)(H,19,20). The second-order valence-corrected chi connectivity index (χ2v) is 6.34. The van der Waals surface area contributed by atoms with E-state index in [0.717, 1.165) is 0 Å². The largest absolute Gasteiger partial charge is 0.481 e. The lowest BCUT2D eigenvalue weighted by molar-refractivity contribution is -0.384.